The topological polar surface area (TPSA) is 23.5 Å². The van der Waals surface area contributed by atoms with Crippen LogP contribution in [0.2, 0.25) is 0 Å². The molecule has 2 nitrogen and oxygen atoms in total. The maximum absolute atomic E-state index is 10.1. The van der Waals surface area contributed by atoms with Crippen molar-refractivity contribution in [2.45, 2.75) is 57.9 Å². The van der Waals surface area contributed by atoms with Crippen molar-refractivity contribution >= 4 is 0 Å². The third-order valence-corrected chi connectivity index (χ3v) is 5.42. The number of hydrogen-bond acceptors (Lipinski definition) is 2. The standard InChI is InChI=1S/C18H29NO/c1-17(2,14-15-10-6-7-11-16(15)20)18(19(3)4)12-8-5-9-13-18/h6-7,10-11,20H,5,8-9,12-14H2,1-4H3. The number of benzene rings is 1. The Bertz CT molecular complexity index is 444. The molecule has 1 aliphatic carbocycles. The summed E-state index contributed by atoms with van der Waals surface area (Å²) in [6.07, 6.45) is 7.46. The van der Waals surface area contributed by atoms with E-state index >= 15 is 0 Å². The van der Waals surface area contributed by atoms with Gasteiger partial charge in [-0.15, -0.1) is 0 Å². The first-order valence-corrected chi connectivity index (χ1v) is 7.83. The summed E-state index contributed by atoms with van der Waals surface area (Å²) in [5.41, 5.74) is 1.47. The second kappa shape index (κ2) is 5.77. The van der Waals surface area contributed by atoms with Crippen LogP contribution in [0.15, 0.2) is 24.3 Å². The fraction of sp³-hybridized carbons (Fsp3) is 0.667. The summed E-state index contributed by atoms with van der Waals surface area (Å²) in [4.78, 5) is 2.44. The fourth-order valence-corrected chi connectivity index (χ4v) is 4.17. The molecule has 1 saturated carbocycles. The Balaban J connectivity index is 2.29. The predicted molar refractivity (Wildman–Crippen MR) is 85.1 cm³/mol. The lowest BCUT2D eigenvalue weighted by Gasteiger charge is -2.54. The van der Waals surface area contributed by atoms with E-state index in [1.165, 1.54) is 32.1 Å². The maximum Gasteiger partial charge on any atom is 0.118 e. The van der Waals surface area contributed by atoms with Crippen LogP contribution >= 0.6 is 0 Å². The number of rotatable bonds is 4. The molecule has 1 fully saturated rings. The predicted octanol–water partition coefficient (Wildman–Crippen LogP) is 4.23. The van der Waals surface area contributed by atoms with Crippen molar-refractivity contribution in [2.75, 3.05) is 14.1 Å². The van der Waals surface area contributed by atoms with Crippen molar-refractivity contribution < 1.29 is 5.11 Å². The van der Waals surface area contributed by atoms with Gasteiger partial charge in [0.05, 0.1) is 0 Å². The van der Waals surface area contributed by atoms with Crippen LogP contribution in [0.3, 0.4) is 0 Å². The molecule has 1 aromatic rings. The van der Waals surface area contributed by atoms with Crippen molar-refractivity contribution in [3.05, 3.63) is 29.8 Å². The molecule has 0 unspecified atom stereocenters. The molecular weight excluding hydrogens is 246 g/mol. The zero-order valence-corrected chi connectivity index (χ0v) is 13.4. The third kappa shape index (κ3) is 2.71. The lowest BCUT2D eigenvalue weighted by molar-refractivity contribution is -0.0155. The molecular formula is C18H29NO. The van der Waals surface area contributed by atoms with Crippen molar-refractivity contribution in [1.82, 2.24) is 4.90 Å². The zero-order chi connectivity index (χ0) is 14.8. The number of aromatic hydroxyl groups is 1. The highest BCUT2D eigenvalue weighted by atomic mass is 16.3. The van der Waals surface area contributed by atoms with Crippen LogP contribution in [0.25, 0.3) is 0 Å². The van der Waals surface area contributed by atoms with Crippen molar-refractivity contribution in [3.63, 3.8) is 0 Å². The molecule has 0 saturated heterocycles. The Kier molecular flexibility index (Phi) is 4.43. The van der Waals surface area contributed by atoms with Crippen LogP contribution in [-0.4, -0.2) is 29.6 Å². The second-order valence-electron chi connectivity index (χ2n) is 7.18. The molecule has 2 rings (SSSR count). The largest absolute Gasteiger partial charge is 0.508 e. The molecule has 0 radical (unpaired) electrons. The van der Waals surface area contributed by atoms with Gasteiger partial charge in [-0.3, -0.25) is 0 Å². The summed E-state index contributed by atoms with van der Waals surface area (Å²) in [5.74, 6) is 0.435. The monoisotopic (exact) mass is 275 g/mol. The molecule has 0 aliphatic heterocycles. The SMILES string of the molecule is CN(C)C1(C(C)(C)Cc2ccccc2O)CCCCC1. The molecule has 0 heterocycles. The number of phenolic OH excluding ortho intramolecular Hbond substituents is 1. The van der Waals surface area contributed by atoms with Gasteiger partial charge in [0.2, 0.25) is 0 Å². The molecule has 20 heavy (non-hydrogen) atoms. The van der Waals surface area contributed by atoms with Crippen LogP contribution in [-0.2, 0) is 6.42 Å². The molecule has 0 amide bonds. The lowest BCUT2D eigenvalue weighted by atomic mass is 9.61. The quantitative estimate of drug-likeness (QED) is 0.889. The highest BCUT2D eigenvalue weighted by Gasteiger charge is 2.47. The van der Waals surface area contributed by atoms with Crippen molar-refractivity contribution in [2.24, 2.45) is 5.41 Å². The minimum Gasteiger partial charge on any atom is -0.508 e. The van der Waals surface area contributed by atoms with Gasteiger partial charge in [-0.05, 0) is 50.4 Å². The average Bonchev–Trinajstić information content (AvgIpc) is 2.41. The van der Waals surface area contributed by atoms with Crippen LogP contribution < -0.4 is 0 Å². The summed E-state index contributed by atoms with van der Waals surface area (Å²) < 4.78 is 0. The Morgan fingerprint density at radius 1 is 1.10 bits per heavy atom. The molecule has 2 heteroatoms. The Hall–Kier alpha value is -1.02. The van der Waals surface area contributed by atoms with Gasteiger partial charge < -0.3 is 10.0 Å². The van der Waals surface area contributed by atoms with Crippen molar-refractivity contribution in [3.8, 4) is 5.75 Å². The smallest absolute Gasteiger partial charge is 0.118 e. The van der Waals surface area contributed by atoms with Gasteiger partial charge in [0.25, 0.3) is 0 Å². The van der Waals surface area contributed by atoms with Gasteiger partial charge in [-0.2, -0.15) is 0 Å². The molecule has 0 aromatic heterocycles. The summed E-state index contributed by atoms with van der Waals surface area (Å²) in [5, 5.41) is 10.1. The molecule has 0 atom stereocenters. The van der Waals surface area contributed by atoms with Gasteiger partial charge in [-0.25, -0.2) is 0 Å². The first kappa shape index (κ1) is 15.4. The minimum atomic E-state index is 0.149. The van der Waals surface area contributed by atoms with Gasteiger partial charge in [0, 0.05) is 5.54 Å². The van der Waals surface area contributed by atoms with E-state index in [1.807, 2.05) is 12.1 Å². The number of para-hydroxylation sites is 1. The first-order valence-electron chi connectivity index (χ1n) is 7.83. The van der Waals surface area contributed by atoms with E-state index in [4.69, 9.17) is 0 Å². The van der Waals surface area contributed by atoms with Crippen LogP contribution in [0, 0.1) is 5.41 Å². The minimum absolute atomic E-state index is 0.149. The highest BCUT2D eigenvalue weighted by molar-refractivity contribution is 5.33. The van der Waals surface area contributed by atoms with Gasteiger partial charge in [0.15, 0.2) is 0 Å². The van der Waals surface area contributed by atoms with Crippen LogP contribution in [0.1, 0.15) is 51.5 Å². The molecule has 1 aromatic carbocycles. The summed E-state index contributed by atoms with van der Waals surface area (Å²) >= 11 is 0. The highest BCUT2D eigenvalue weighted by Crippen LogP contribution is 2.47. The summed E-state index contributed by atoms with van der Waals surface area (Å²) in [6, 6.07) is 7.78. The van der Waals surface area contributed by atoms with Gasteiger partial charge in [-0.1, -0.05) is 51.3 Å². The van der Waals surface area contributed by atoms with Gasteiger partial charge >= 0.3 is 0 Å². The Labute approximate surface area is 123 Å². The molecule has 112 valence electrons. The molecule has 0 spiro atoms. The van der Waals surface area contributed by atoms with E-state index in [1.54, 1.807) is 6.07 Å². The van der Waals surface area contributed by atoms with E-state index in [9.17, 15) is 5.11 Å². The summed E-state index contributed by atoms with van der Waals surface area (Å²) in [6.45, 7) is 4.73. The van der Waals surface area contributed by atoms with E-state index in [-0.39, 0.29) is 11.0 Å². The average molecular weight is 275 g/mol. The number of hydrogen-bond donors (Lipinski definition) is 1. The van der Waals surface area contributed by atoms with Crippen molar-refractivity contribution in [1.29, 1.82) is 0 Å². The second-order valence-corrected chi connectivity index (χ2v) is 7.18. The van der Waals surface area contributed by atoms with Crippen LogP contribution in [0.5, 0.6) is 5.75 Å². The maximum atomic E-state index is 10.1. The lowest BCUT2D eigenvalue weighted by Crippen LogP contribution is -2.57. The molecule has 1 aliphatic rings. The van der Waals surface area contributed by atoms with E-state index < -0.39 is 0 Å². The molecule has 1 N–H and O–H groups in total. The number of phenols is 1. The summed E-state index contributed by atoms with van der Waals surface area (Å²) in [7, 11) is 4.44. The Morgan fingerprint density at radius 3 is 2.25 bits per heavy atom. The number of nitrogens with zero attached hydrogens (tertiary/aromatic N) is 1. The fourth-order valence-electron chi connectivity index (χ4n) is 4.17. The zero-order valence-electron chi connectivity index (χ0n) is 13.4. The van der Waals surface area contributed by atoms with E-state index in [2.05, 4.69) is 38.9 Å². The van der Waals surface area contributed by atoms with Crippen LogP contribution in [0.4, 0.5) is 0 Å². The van der Waals surface area contributed by atoms with Gasteiger partial charge in [0.1, 0.15) is 5.75 Å². The Morgan fingerprint density at radius 2 is 1.70 bits per heavy atom. The van der Waals surface area contributed by atoms with E-state index in [0.29, 0.717) is 5.75 Å². The van der Waals surface area contributed by atoms with E-state index in [0.717, 1.165) is 12.0 Å². The first-order chi connectivity index (χ1) is 9.39. The normalized spacial score (nSPS) is 19.2. The third-order valence-electron chi connectivity index (χ3n) is 5.42. The molecule has 0 bridgehead atoms.